The summed E-state index contributed by atoms with van der Waals surface area (Å²) in [6.45, 7) is 4.64. The van der Waals surface area contributed by atoms with Crippen molar-refractivity contribution in [3.63, 3.8) is 0 Å². The molecule has 1 N–H and O–H groups in total. The molecular formula is C26H35NO6S. The number of methoxy groups -OCH3 is 2. The number of rotatable bonds is 13. The molecule has 34 heavy (non-hydrogen) atoms. The van der Waals surface area contributed by atoms with Crippen molar-refractivity contribution in [3.8, 4) is 11.5 Å². The topological polar surface area (TPSA) is 85.3 Å². The van der Waals surface area contributed by atoms with Crippen molar-refractivity contribution in [2.75, 3.05) is 20.8 Å². The first kappa shape index (κ1) is 26.2. The van der Waals surface area contributed by atoms with Crippen molar-refractivity contribution < 1.29 is 27.7 Å². The van der Waals surface area contributed by atoms with Gasteiger partial charge in [-0.25, -0.2) is 8.42 Å². The summed E-state index contributed by atoms with van der Waals surface area (Å²) in [6.07, 6.45) is 2.44. The quantitative estimate of drug-likeness (QED) is 0.430. The number of aliphatic hydroxyl groups excluding tert-OH is 1. The molecule has 1 heterocycles. The fourth-order valence-electron chi connectivity index (χ4n) is 4.19. The highest BCUT2D eigenvalue weighted by Gasteiger charge is 2.39. The van der Waals surface area contributed by atoms with Crippen molar-refractivity contribution in [1.82, 2.24) is 4.31 Å². The molecule has 0 unspecified atom stereocenters. The molecule has 1 fully saturated rings. The lowest BCUT2D eigenvalue weighted by Gasteiger charge is -2.31. The molecule has 3 atom stereocenters. The van der Waals surface area contributed by atoms with Gasteiger partial charge in [-0.2, -0.15) is 4.31 Å². The Balaban J connectivity index is 1.93. The molecular weight excluding hydrogens is 454 g/mol. The SMILES string of the molecule is C=CC[C@H](O)[C@@H](C[C@@H]1CCCO1)S(=O)(=O)N(Cc1ccc(OC)cc1)Cc1ccc(OC)cc1. The molecule has 0 spiro atoms. The Bertz CT molecular complexity index is 951. The Morgan fingerprint density at radius 3 is 2.00 bits per heavy atom. The molecule has 0 bridgehead atoms. The minimum Gasteiger partial charge on any atom is -0.497 e. The van der Waals surface area contributed by atoms with Gasteiger partial charge in [0.15, 0.2) is 0 Å². The molecule has 3 rings (SSSR count). The molecule has 2 aromatic rings. The van der Waals surface area contributed by atoms with E-state index in [1.165, 1.54) is 4.31 Å². The van der Waals surface area contributed by atoms with Crippen LogP contribution in [0.5, 0.6) is 11.5 Å². The van der Waals surface area contributed by atoms with E-state index in [0.717, 1.165) is 24.0 Å². The zero-order valence-corrected chi connectivity index (χ0v) is 20.7. The van der Waals surface area contributed by atoms with Crippen LogP contribution in [0.2, 0.25) is 0 Å². The van der Waals surface area contributed by atoms with Crippen molar-refractivity contribution in [2.24, 2.45) is 0 Å². The molecule has 0 radical (unpaired) electrons. The van der Waals surface area contributed by atoms with Crippen LogP contribution in [-0.2, 0) is 27.8 Å². The number of hydrogen-bond acceptors (Lipinski definition) is 6. The molecule has 1 aliphatic rings. The van der Waals surface area contributed by atoms with Crippen molar-refractivity contribution in [1.29, 1.82) is 0 Å². The van der Waals surface area contributed by atoms with E-state index in [4.69, 9.17) is 14.2 Å². The van der Waals surface area contributed by atoms with Gasteiger partial charge in [0.2, 0.25) is 10.0 Å². The van der Waals surface area contributed by atoms with Gasteiger partial charge in [0.25, 0.3) is 0 Å². The second-order valence-corrected chi connectivity index (χ2v) is 10.7. The van der Waals surface area contributed by atoms with E-state index in [2.05, 4.69) is 6.58 Å². The average Bonchev–Trinajstić information content (AvgIpc) is 3.36. The molecule has 1 aliphatic heterocycles. The van der Waals surface area contributed by atoms with Gasteiger partial charge in [0.05, 0.1) is 26.4 Å². The molecule has 186 valence electrons. The van der Waals surface area contributed by atoms with Crippen LogP contribution in [0.15, 0.2) is 61.2 Å². The predicted molar refractivity (Wildman–Crippen MR) is 132 cm³/mol. The molecule has 0 saturated carbocycles. The summed E-state index contributed by atoms with van der Waals surface area (Å²) >= 11 is 0. The summed E-state index contributed by atoms with van der Waals surface area (Å²) < 4.78 is 45.7. The van der Waals surface area contributed by atoms with E-state index in [0.29, 0.717) is 18.1 Å². The molecule has 7 nitrogen and oxygen atoms in total. The summed E-state index contributed by atoms with van der Waals surface area (Å²) in [5.41, 5.74) is 1.65. The van der Waals surface area contributed by atoms with Crippen LogP contribution in [0.1, 0.15) is 36.8 Å². The van der Waals surface area contributed by atoms with Crippen LogP contribution in [0, 0.1) is 0 Å². The van der Waals surface area contributed by atoms with Crippen LogP contribution >= 0.6 is 0 Å². The van der Waals surface area contributed by atoms with E-state index < -0.39 is 21.4 Å². The summed E-state index contributed by atoms with van der Waals surface area (Å²) in [5.74, 6) is 1.40. The van der Waals surface area contributed by atoms with Gasteiger partial charge in [0.1, 0.15) is 16.7 Å². The zero-order valence-electron chi connectivity index (χ0n) is 19.9. The van der Waals surface area contributed by atoms with E-state index >= 15 is 0 Å². The van der Waals surface area contributed by atoms with Crippen LogP contribution in [0.3, 0.4) is 0 Å². The maximum atomic E-state index is 14.0. The number of aliphatic hydroxyl groups is 1. The first-order valence-electron chi connectivity index (χ1n) is 11.5. The van der Waals surface area contributed by atoms with Crippen molar-refractivity contribution >= 4 is 10.0 Å². The lowest BCUT2D eigenvalue weighted by atomic mass is 10.1. The highest BCUT2D eigenvalue weighted by Crippen LogP contribution is 2.28. The van der Waals surface area contributed by atoms with E-state index in [1.54, 1.807) is 20.3 Å². The Hall–Kier alpha value is -2.39. The monoisotopic (exact) mass is 489 g/mol. The Morgan fingerprint density at radius 1 is 1.06 bits per heavy atom. The third-order valence-electron chi connectivity index (χ3n) is 6.13. The van der Waals surface area contributed by atoms with E-state index in [9.17, 15) is 13.5 Å². The first-order valence-corrected chi connectivity index (χ1v) is 13.0. The van der Waals surface area contributed by atoms with Gasteiger partial charge >= 0.3 is 0 Å². The molecule has 0 aliphatic carbocycles. The fourth-order valence-corrected chi connectivity index (χ4v) is 6.19. The molecule has 0 amide bonds. The summed E-state index contributed by atoms with van der Waals surface area (Å²) in [5, 5.41) is 9.86. The van der Waals surface area contributed by atoms with Crippen LogP contribution in [0.25, 0.3) is 0 Å². The van der Waals surface area contributed by atoms with Crippen LogP contribution in [0.4, 0.5) is 0 Å². The second kappa shape index (κ2) is 12.4. The summed E-state index contributed by atoms with van der Waals surface area (Å²) in [4.78, 5) is 0. The number of hydrogen-bond donors (Lipinski definition) is 1. The highest BCUT2D eigenvalue weighted by atomic mass is 32.2. The van der Waals surface area contributed by atoms with Crippen molar-refractivity contribution in [2.45, 2.75) is 56.2 Å². The Morgan fingerprint density at radius 2 is 1.59 bits per heavy atom. The van der Waals surface area contributed by atoms with Gasteiger partial charge in [-0.15, -0.1) is 6.58 Å². The number of ether oxygens (including phenoxy) is 3. The smallest absolute Gasteiger partial charge is 0.220 e. The third kappa shape index (κ3) is 6.82. The van der Waals surface area contributed by atoms with Crippen LogP contribution < -0.4 is 9.47 Å². The normalized spacial score (nSPS) is 17.9. The first-order chi connectivity index (χ1) is 16.4. The van der Waals surface area contributed by atoms with Crippen LogP contribution in [-0.4, -0.2) is 56.1 Å². The summed E-state index contributed by atoms with van der Waals surface area (Å²) in [6, 6.07) is 14.6. The number of benzene rings is 2. The maximum absolute atomic E-state index is 14.0. The highest BCUT2D eigenvalue weighted by molar-refractivity contribution is 7.89. The average molecular weight is 490 g/mol. The Kier molecular flexibility index (Phi) is 9.53. The number of sulfonamides is 1. The Labute approximate surface area is 203 Å². The molecule has 1 saturated heterocycles. The standard InChI is InChI=1S/C26H35NO6S/c1-4-6-25(28)26(17-24-7-5-16-33-24)34(29,30)27(18-20-8-12-22(31-2)13-9-20)19-21-10-14-23(32-3)15-11-21/h4,8-15,24-26,28H,1,5-7,16-19H2,2-3H3/t24-,25-,26+/m0/s1. The fraction of sp³-hybridized carbons (Fsp3) is 0.462. The van der Waals surface area contributed by atoms with E-state index in [-0.39, 0.29) is 32.0 Å². The van der Waals surface area contributed by atoms with Gasteiger partial charge in [0, 0.05) is 19.7 Å². The second-order valence-electron chi connectivity index (χ2n) is 8.51. The number of nitrogens with zero attached hydrogens (tertiary/aromatic N) is 1. The summed E-state index contributed by atoms with van der Waals surface area (Å²) in [7, 11) is -0.728. The third-order valence-corrected chi connectivity index (χ3v) is 8.38. The van der Waals surface area contributed by atoms with Crippen molar-refractivity contribution in [3.05, 3.63) is 72.3 Å². The van der Waals surface area contributed by atoms with Gasteiger partial charge in [-0.05, 0) is 61.1 Å². The molecule has 8 heteroatoms. The van der Waals surface area contributed by atoms with Gasteiger partial charge < -0.3 is 19.3 Å². The largest absolute Gasteiger partial charge is 0.497 e. The van der Waals surface area contributed by atoms with Gasteiger partial charge in [-0.3, -0.25) is 0 Å². The lowest BCUT2D eigenvalue weighted by molar-refractivity contribution is 0.0824. The molecule has 0 aromatic heterocycles. The minimum absolute atomic E-state index is 0.168. The van der Waals surface area contributed by atoms with E-state index in [1.807, 2.05) is 48.5 Å². The zero-order chi connectivity index (χ0) is 24.6. The minimum atomic E-state index is -3.91. The predicted octanol–water partition coefficient (Wildman–Crippen LogP) is 3.91. The lowest BCUT2D eigenvalue weighted by Crippen LogP contribution is -2.45. The van der Waals surface area contributed by atoms with Gasteiger partial charge in [-0.1, -0.05) is 30.3 Å². The molecule has 2 aromatic carbocycles. The maximum Gasteiger partial charge on any atom is 0.220 e.